The van der Waals surface area contributed by atoms with Crippen molar-refractivity contribution in [2.24, 2.45) is 5.92 Å². The van der Waals surface area contributed by atoms with Crippen LogP contribution in [0.15, 0.2) is 41.8 Å². The molecular formula is C22H26FN3O3S. The summed E-state index contributed by atoms with van der Waals surface area (Å²) in [5, 5.41) is 7.60. The van der Waals surface area contributed by atoms with Crippen LogP contribution in [0.5, 0.6) is 0 Å². The number of nitrogens with zero attached hydrogens (tertiary/aromatic N) is 1. The fourth-order valence-corrected chi connectivity index (χ4v) is 4.23. The van der Waals surface area contributed by atoms with Crippen molar-refractivity contribution in [1.29, 1.82) is 0 Å². The maximum absolute atomic E-state index is 13.1. The summed E-state index contributed by atoms with van der Waals surface area (Å²) in [6, 6.07) is 8.31. The Morgan fingerprint density at radius 2 is 1.73 bits per heavy atom. The fraction of sp³-hybridized carbons (Fsp3) is 0.409. The molecule has 0 aliphatic carbocycles. The Bertz CT molecular complexity index is 876. The van der Waals surface area contributed by atoms with Gasteiger partial charge in [-0.25, -0.2) is 4.39 Å². The van der Waals surface area contributed by atoms with Gasteiger partial charge < -0.3 is 15.5 Å². The first-order valence-electron chi connectivity index (χ1n) is 10.0. The minimum absolute atomic E-state index is 0.0428. The summed E-state index contributed by atoms with van der Waals surface area (Å²) in [7, 11) is 0. The normalized spacial score (nSPS) is 15.7. The molecule has 1 atom stereocenters. The molecule has 6 nitrogen and oxygen atoms in total. The lowest BCUT2D eigenvalue weighted by atomic mass is 9.88. The number of piperidine rings is 1. The third-order valence-electron chi connectivity index (χ3n) is 5.13. The van der Waals surface area contributed by atoms with E-state index < -0.39 is 6.04 Å². The van der Waals surface area contributed by atoms with Crippen molar-refractivity contribution in [3.05, 3.63) is 58.0 Å². The third kappa shape index (κ3) is 5.44. The zero-order valence-electron chi connectivity index (χ0n) is 17.1. The molecule has 1 aliphatic heterocycles. The van der Waals surface area contributed by atoms with Gasteiger partial charge in [-0.15, -0.1) is 11.3 Å². The highest BCUT2D eigenvalue weighted by Crippen LogP contribution is 2.23. The predicted octanol–water partition coefficient (Wildman–Crippen LogP) is 3.06. The van der Waals surface area contributed by atoms with E-state index in [0.717, 1.165) is 0 Å². The first-order chi connectivity index (χ1) is 14.3. The van der Waals surface area contributed by atoms with Gasteiger partial charge in [0.2, 0.25) is 5.91 Å². The van der Waals surface area contributed by atoms with Crippen LogP contribution in [0, 0.1) is 11.7 Å². The molecule has 0 spiro atoms. The zero-order valence-corrected chi connectivity index (χ0v) is 17.9. The molecule has 2 N–H and O–H groups in total. The standard InChI is InChI=1S/C22H26FN3O3S/c1-14(2)24-21(28)19(25-20(27)18-4-3-13-30-18)15-9-11-26(12-10-15)22(29)16-5-7-17(23)8-6-16/h3-8,13-15,19H,9-12H2,1-2H3,(H,24,28)(H,25,27)/t19-/m1/s1. The van der Waals surface area contributed by atoms with Gasteiger partial charge in [0.15, 0.2) is 0 Å². The van der Waals surface area contributed by atoms with Crippen molar-refractivity contribution in [2.45, 2.75) is 38.8 Å². The Kier molecular flexibility index (Phi) is 7.20. The monoisotopic (exact) mass is 431 g/mol. The number of nitrogens with one attached hydrogen (secondary N) is 2. The molecule has 0 bridgehead atoms. The molecule has 1 aliphatic rings. The molecule has 0 saturated carbocycles. The summed E-state index contributed by atoms with van der Waals surface area (Å²) in [4.78, 5) is 40.3. The molecule has 30 heavy (non-hydrogen) atoms. The number of thiophene rings is 1. The van der Waals surface area contributed by atoms with Crippen LogP contribution in [-0.2, 0) is 4.79 Å². The quantitative estimate of drug-likeness (QED) is 0.738. The molecule has 0 unspecified atom stereocenters. The van der Waals surface area contributed by atoms with Gasteiger partial charge in [-0.1, -0.05) is 6.07 Å². The Morgan fingerprint density at radius 3 is 2.30 bits per heavy atom. The van der Waals surface area contributed by atoms with Gasteiger partial charge in [-0.2, -0.15) is 0 Å². The van der Waals surface area contributed by atoms with E-state index in [1.807, 2.05) is 19.2 Å². The molecule has 1 fully saturated rings. The van der Waals surface area contributed by atoms with E-state index in [9.17, 15) is 18.8 Å². The van der Waals surface area contributed by atoms with E-state index in [1.165, 1.54) is 35.6 Å². The summed E-state index contributed by atoms with van der Waals surface area (Å²) in [5.41, 5.74) is 0.440. The summed E-state index contributed by atoms with van der Waals surface area (Å²) in [6.07, 6.45) is 1.18. The van der Waals surface area contributed by atoms with Crippen molar-refractivity contribution < 1.29 is 18.8 Å². The van der Waals surface area contributed by atoms with Gasteiger partial charge >= 0.3 is 0 Å². The van der Waals surface area contributed by atoms with E-state index in [2.05, 4.69) is 10.6 Å². The van der Waals surface area contributed by atoms with Crippen LogP contribution in [0.3, 0.4) is 0 Å². The molecule has 1 aromatic carbocycles. The van der Waals surface area contributed by atoms with Crippen LogP contribution in [0.4, 0.5) is 4.39 Å². The average molecular weight is 432 g/mol. The molecule has 3 rings (SSSR count). The number of halogens is 1. The summed E-state index contributed by atoms with van der Waals surface area (Å²) in [5.74, 6) is -1.09. The SMILES string of the molecule is CC(C)NC(=O)[C@H](NC(=O)c1cccs1)C1CCN(C(=O)c2ccc(F)cc2)CC1. The Morgan fingerprint density at radius 1 is 1.07 bits per heavy atom. The molecule has 1 saturated heterocycles. The molecule has 160 valence electrons. The second kappa shape index (κ2) is 9.84. The van der Waals surface area contributed by atoms with Crippen molar-refractivity contribution in [2.75, 3.05) is 13.1 Å². The fourth-order valence-electron chi connectivity index (χ4n) is 3.60. The van der Waals surface area contributed by atoms with Crippen LogP contribution >= 0.6 is 11.3 Å². The number of hydrogen-bond donors (Lipinski definition) is 2. The average Bonchev–Trinajstić information content (AvgIpc) is 3.26. The Labute approximate surface area is 179 Å². The van der Waals surface area contributed by atoms with Gasteiger partial charge in [0, 0.05) is 24.7 Å². The minimum Gasteiger partial charge on any atom is -0.352 e. The van der Waals surface area contributed by atoms with E-state index in [1.54, 1.807) is 17.0 Å². The first-order valence-corrected chi connectivity index (χ1v) is 10.9. The first kappa shape index (κ1) is 22.0. The number of amides is 3. The number of carbonyl (C=O) groups excluding carboxylic acids is 3. The van der Waals surface area contributed by atoms with Gasteiger partial charge in [-0.05, 0) is 68.3 Å². The van der Waals surface area contributed by atoms with Gasteiger partial charge in [0.25, 0.3) is 11.8 Å². The molecule has 8 heteroatoms. The van der Waals surface area contributed by atoms with E-state index in [0.29, 0.717) is 36.4 Å². The van der Waals surface area contributed by atoms with Crippen LogP contribution in [0.1, 0.15) is 46.7 Å². The summed E-state index contributed by atoms with van der Waals surface area (Å²) < 4.78 is 13.1. The zero-order chi connectivity index (χ0) is 21.7. The number of carbonyl (C=O) groups is 3. The topological polar surface area (TPSA) is 78.5 Å². The highest BCUT2D eigenvalue weighted by Gasteiger charge is 2.34. The van der Waals surface area contributed by atoms with Crippen molar-refractivity contribution >= 4 is 29.1 Å². The third-order valence-corrected chi connectivity index (χ3v) is 6.00. The minimum atomic E-state index is -0.662. The van der Waals surface area contributed by atoms with Crippen LogP contribution in [-0.4, -0.2) is 47.8 Å². The summed E-state index contributed by atoms with van der Waals surface area (Å²) in [6.45, 7) is 4.70. The Balaban J connectivity index is 1.66. The van der Waals surface area contributed by atoms with Gasteiger partial charge in [-0.3, -0.25) is 14.4 Å². The molecule has 0 radical (unpaired) electrons. The molecule has 1 aromatic heterocycles. The van der Waals surface area contributed by atoms with Crippen LogP contribution in [0.25, 0.3) is 0 Å². The smallest absolute Gasteiger partial charge is 0.262 e. The van der Waals surface area contributed by atoms with Crippen LogP contribution < -0.4 is 10.6 Å². The maximum Gasteiger partial charge on any atom is 0.262 e. The largest absolute Gasteiger partial charge is 0.352 e. The number of benzene rings is 1. The summed E-state index contributed by atoms with van der Waals surface area (Å²) >= 11 is 1.32. The lowest BCUT2D eigenvalue weighted by Crippen LogP contribution is -2.54. The van der Waals surface area contributed by atoms with Crippen molar-refractivity contribution in [3.63, 3.8) is 0 Å². The van der Waals surface area contributed by atoms with Gasteiger partial charge in [0.1, 0.15) is 11.9 Å². The maximum atomic E-state index is 13.1. The van der Waals surface area contributed by atoms with Gasteiger partial charge in [0.05, 0.1) is 4.88 Å². The second-order valence-corrected chi connectivity index (χ2v) is 8.68. The molecule has 3 amide bonds. The number of rotatable bonds is 6. The molecular weight excluding hydrogens is 405 g/mol. The Hall–Kier alpha value is -2.74. The van der Waals surface area contributed by atoms with E-state index in [-0.39, 0.29) is 35.5 Å². The highest BCUT2D eigenvalue weighted by atomic mass is 32.1. The van der Waals surface area contributed by atoms with Crippen LogP contribution in [0.2, 0.25) is 0 Å². The van der Waals surface area contributed by atoms with Crippen molar-refractivity contribution in [1.82, 2.24) is 15.5 Å². The molecule has 2 aromatic rings. The predicted molar refractivity (Wildman–Crippen MR) is 114 cm³/mol. The number of hydrogen-bond acceptors (Lipinski definition) is 4. The molecule has 2 heterocycles. The lowest BCUT2D eigenvalue weighted by molar-refractivity contribution is -0.125. The van der Waals surface area contributed by atoms with Crippen molar-refractivity contribution in [3.8, 4) is 0 Å². The lowest BCUT2D eigenvalue weighted by Gasteiger charge is -2.36. The van der Waals surface area contributed by atoms with E-state index in [4.69, 9.17) is 0 Å². The van der Waals surface area contributed by atoms with E-state index >= 15 is 0 Å². The number of likely N-dealkylation sites (tertiary alicyclic amines) is 1. The highest BCUT2D eigenvalue weighted by molar-refractivity contribution is 7.12. The second-order valence-electron chi connectivity index (χ2n) is 7.73.